The van der Waals surface area contributed by atoms with Crippen LogP contribution in [0.2, 0.25) is 0 Å². The zero-order chi connectivity index (χ0) is 20.3. The van der Waals surface area contributed by atoms with Crippen molar-refractivity contribution in [2.75, 3.05) is 12.4 Å². The summed E-state index contributed by atoms with van der Waals surface area (Å²) >= 11 is 0. The van der Waals surface area contributed by atoms with Gasteiger partial charge in [0.15, 0.2) is 0 Å². The van der Waals surface area contributed by atoms with Crippen molar-refractivity contribution in [3.8, 4) is 0 Å². The third-order valence-corrected chi connectivity index (χ3v) is 4.80. The number of rotatable bonds is 5. The second-order valence-corrected chi connectivity index (χ2v) is 6.48. The Kier molecular flexibility index (Phi) is 5.73. The molecule has 0 fully saturated rings. The van der Waals surface area contributed by atoms with Crippen molar-refractivity contribution in [1.82, 2.24) is 14.5 Å². The fourth-order valence-electron chi connectivity index (χ4n) is 3.28. The summed E-state index contributed by atoms with van der Waals surface area (Å²) in [6.45, 7) is 4.22. The number of amides is 2. The Morgan fingerprint density at radius 3 is 2.54 bits per heavy atom. The van der Waals surface area contributed by atoms with Gasteiger partial charge in [-0.15, -0.1) is 0 Å². The molecular weight excluding hydrogens is 359 g/mol. The minimum Gasteiger partial charge on any atom is -0.317 e. The van der Waals surface area contributed by atoms with Crippen molar-refractivity contribution in [3.05, 3.63) is 70.5 Å². The van der Waals surface area contributed by atoms with Crippen LogP contribution in [0.5, 0.6) is 0 Å². The van der Waals surface area contributed by atoms with E-state index in [9.17, 15) is 14.0 Å². The minimum absolute atomic E-state index is 0.105. The third kappa shape index (κ3) is 3.60. The molecule has 1 unspecified atom stereocenters. The number of anilines is 1. The molecule has 1 heterocycles. The lowest BCUT2D eigenvalue weighted by Gasteiger charge is -2.29. The first-order valence-electron chi connectivity index (χ1n) is 9.25. The molecule has 0 saturated carbocycles. The summed E-state index contributed by atoms with van der Waals surface area (Å²) in [4.78, 5) is 31.7. The van der Waals surface area contributed by atoms with Gasteiger partial charge in [0.25, 0.3) is 5.56 Å². The SMILES string of the molecule is CCC(c1nc2ccccc2c(=O)n1CC)N(C)C(=O)Nc1ccccc1F. The van der Waals surface area contributed by atoms with E-state index in [0.29, 0.717) is 29.7 Å². The Labute approximate surface area is 162 Å². The molecule has 1 N–H and O–H groups in total. The molecule has 1 aromatic heterocycles. The molecule has 146 valence electrons. The van der Waals surface area contributed by atoms with Crippen molar-refractivity contribution >= 4 is 22.6 Å². The fourth-order valence-corrected chi connectivity index (χ4v) is 3.28. The predicted octanol–water partition coefficient (Wildman–Crippen LogP) is 4.17. The topological polar surface area (TPSA) is 67.2 Å². The molecule has 3 aromatic rings. The van der Waals surface area contributed by atoms with Crippen LogP contribution >= 0.6 is 0 Å². The molecule has 7 heteroatoms. The summed E-state index contributed by atoms with van der Waals surface area (Å²) in [5.41, 5.74) is 0.562. The zero-order valence-electron chi connectivity index (χ0n) is 16.1. The average Bonchev–Trinajstić information content (AvgIpc) is 2.70. The summed E-state index contributed by atoms with van der Waals surface area (Å²) in [6.07, 6.45) is 0.548. The first kappa shape index (κ1) is 19.5. The summed E-state index contributed by atoms with van der Waals surface area (Å²) < 4.78 is 15.5. The summed E-state index contributed by atoms with van der Waals surface area (Å²) in [6, 6.07) is 12.2. The molecule has 0 bridgehead atoms. The summed E-state index contributed by atoms with van der Waals surface area (Å²) in [5, 5.41) is 3.12. The average molecular weight is 382 g/mol. The molecule has 0 aliphatic carbocycles. The quantitative estimate of drug-likeness (QED) is 0.720. The zero-order valence-corrected chi connectivity index (χ0v) is 16.1. The highest BCUT2D eigenvalue weighted by Gasteiger charge is 2.25. The Bertz CT molecular complexity index is 1060. The van der Waals surface area contributed by atoms with Crippen LogP contribution in [-0.4, -0.2) is 27.5 Å². The van der Waals surface area contributed by atoms with Crippen LogP contribution < -0.4 is 10.9 Å². The van der Waals surface area contributed by atoms with E-state index in [1.54, 1.807) is 41.9 Å². The second-order valence-electron chi connectivity index (χ2n) is 6.48. The summed E-state index contributed by atoms with van der Waals surface area (Å²) in [7, 11) is 1.62. The number of nitrogens with zero attached hydrogens (tertiary/aromatic N) is 3. The maximum atomic E-state index is 13.9. The van der Waals surface area contributed by atoms with Crippen molar-refractivity contribution in [1.29, 1.82) is 0 Å². The molecule has 0 saturated heterocycles. The smallest absolute Gasteiger partial charge is 0.317 e. The van der Waals surface area contributed by atoms with Gasteiger partial charge < -0.3 is 10.2 Å². The Morgan fingerprint density at radius 1 is 1.18 bits per heavy atom. The lowest BCUT2D eigenvalue weighted by molar-refractivity contribution is 0.197. The largest absolute Gasteiger partial charge is 0.322 e. The number of fused-ring (bicyclic) bond motifs is 1. The van der Waals surface area contributed by atoms with Crippen molar-refractivity contribution in [2.45, 2.75) is 32.9 Å². The van der Waals surface area contributed by atoms with Crippen molar-refractivity contribution in [3.63, 3.8) is 0 Å². The molecule has 0 aliphatic heterocycles. The Hall–Kier alpha value is -3.22. The Morgan fingerprint density at radius 2 is 1.86 bits per heavy atom. The van der Waals surface area contributed by atoms with E-state index in [2.05, 4.69) is 10.3 Å². The van der Waals surface area contributed by atoms with Gasteiger partial charge >= 0.3 is 6.03 Å². The molecule has 28 heavy (non-hydrogen) atoms. The van der Waals surface area contributed by atoms with E-state index in [1.165, 1.54) is 17.0 Å². The molecule has 0 spiro atoms. The highest BCUT2D eigenvalue weighted by molar-refractivity contribution is 5.89. The lowest BCUT2D eigenvalue weighted by atomic mass is 10.1. The molecule has 2 amide bonds. The van der Waals surface area contributed by atoms with E-state index >= 15 is 0 Å². The van der Waals surface area contributed by atoms with Gasteiger partial charge in [0.1, 0.15) is 11.6 Å². The second kappa shape index (κ2) is 8.21. The number of urea groups is 1. The number of hydrogen-bond donors (Lipinski definition) is 1. The molecule has 1 atom stereocenters. The molecule has 2 aromatic carbocycles. The number of nitrogens with one attached hydrogen (secondary N) is 1. The molecule has 6 nitrogen and oxygen atoms in total. The van der Waals surface area contributed by atoms with Gasteiger partial charge in [-0.2, -0.15) is 0 Å². The van der Waals surface area contributed by atoms with Crippen LogP contribution in [0.4, 0.5) is 14.9 Å². The first-order chi connectivity index (χ1) is 13.5. The van der Waals surface area contributed by atoms with Gasteiger partial charge in [-0.05, 0) is 37.6 Å². The van der Waals surface area contributed by atoms with E-state index < -0.39 is 17.9 Å². The highest BCUT2D eigenvalue weighted by Crippen LogP contribution is 2.24. The van der Waals surface area contributed by atoms with Crippen LogP contribution in [0.1, 0.15) is 32.1 Å². The maximum Gasteiger partial charge on any atom is 0.322 e. The van der Waals surface area contributed by atoms with Gasteiger partial charge in [0, 0.05) is 13.6 Å². The monoisotopic (exact) mass is 382 g/mol. The molecule has 0 aliphatic rings. The number of benzene rings is 2. The highest BCUT2D eigenvalue weighted by atomic mass is 19.1. The van der Waals surface area contributed by atoms with Crippen LogP contribution in [0.3, 0.4) is 0 Å². The van der Waals surface area contributed by atoms with E-state index in [0.717, 1.165) is 0 Å². The molecular formula is C21H23FN4O2. The molecule has 0 radical (unpaired) electrons. The van der Waals surface area contributed by atoms with Gasteiger partial charge in [-0.3, -0.25) is 9.36 Å². The normalized spacial score (nSPS) is 12.0. The first-order valence-corrected chi connectivity index (χ1v) is 9.25. The Balaban J connectivity index is 1.99. The van der Waals surface area contributed by atoms with E-state index in [4.69, 9.17) is 0 Å². The molecule has 3 rings (SSSR count). The van der Waals surface area contributed by atoms with Crippen molar-refractivity contribution < 1.29 is 9.18 Å². The predicted molar refractivity (Wildman–Crippen MR) is 108 cm³/mol. The number of hydrogen-bond acceptors (Lipinski definition) is 3. The van der Waals surface area contributed by atoms with E-state index in [-0.39, 0.29) is 11.2 Å². The van der Waals surface area contributed by atoms with Crippen LogP contribution in [0, 0.1) is 5.82 Å². The van der Waals surface area contributed by atoms with Gasteiger partial charge in [0.2, 0.25) is 0 Å². The fraction of sp³-hybridized carbons (Fsp3) is 0.286. The maximum absolute atomic E-state index is 13.9. The van der Waals surface area contributed by atoms with Gasteiger partial charge in [0.05, 0.1) is 22.6 Å². The minimum atomic E-state index is -0.508. The van der Waals surface area contributed by atoms with E-state index in [1.807, 2.05) is 19.9 Å². The van der Waals surface area contributed by atoms with Crippen molar-refractivity contribution in [2.24, 2.45) is 0 Å². The van der Waals surface area contributed by atoms with Gasteiger partial charge in [-0.1, -0.05) is 31.2 Å². The van der Waals surface area contributed by atoms with Gasteiger partial charge in [-0.25, -0.2) is 14.2 Å². The van der Waals surface area contributed by atoms with Crippen LogP contribution in [0.25, 0.3) is 10.9 Å². The number of aromatic nitrogens is 2. The lowest BCUT2D eigenvalue weighted by Crippen LogP contribution is -2.38. The summed E-state index contributed by atoms with van der Waals surface area (Å²) in [5.74, 6) is 0.00600. The third-order valence-electron chi connectivity index (χ3n) is 4.80. The number of halogens is 1. The van der Waals surface area contributed by atoms with Crippen LogP contribution in [0.15, 0.2) is 53.3 Å². The number of carbonyl (C=O) groups is 1. The number of carbonyl (C=O) groups excluding carboxylic acids is 1. The number of para-hydroxylation sites is 2. The van der Waals surface area contributed by atoms with Crippen LogP contribution in [-0.2, 0) is 6.54 Å². The standard InChI is InChI=1S/C21H23FN4O2/c1-4-18(25(3)21(28)24-17-13-9-7-11-15(17)22)19-23-16-12-8-6-10-14(16)20(27)26(19)5-2/h6-13,18H,4-5H2,1-3H3,(H,24,28).